The van der Waals surface area contributed by atoms with Gasteiger partial charge in [0.25, 0.3) is 0 Å². The lowest BCUT2D eigenvalue weighted by atomic mass is 9.79. The minimum atomic E-state index is -1.44. The molecule has 0 spiro atoms. The molecular weight excluding hydrogens is 751 g/mol. The summed E-state index contributed by atoms with van der Waals surface area (Å²) in [5.74, 6) is 0. The van der Waals surface area contributed by atoms with Crippen LogP contribution in [0.2, 0.25) is 0 Å². The average molecular weight is 788 g/mol. The molecule has 268 valence electrons. The van der Waals surface area contributed by atoms with E-state index >= 15 is 0 Å². The van der Waals surface area contributed by atoms with Gasteiger partial charge < -0.3 is 10.0 Å². The Labute approximate surface area is 334 Å². The van der Waals surface area contributed by atoms with Crippen LogP contribution in [0.3, 0.4) is 0 Å². The van der Waals surface area contributed by atoms with Crippen LogP contribution in [0.4, 0.5) is 0 Å². The number of aromatic nitrogens is 2. The number of benzene rings is 8. The Hall–Kier alpha value is -6.44. The zero-order chi connectivity index (χ0) is 38.3. The third-order valence-electron chi connectivity index (χ3n) is 9.80. The van der Waals surface area contributed by atoms with Crippen molar-refractivity contribution in [2.24, 2.45) is 0 Å². The number of fused-ring (bicyclic) bond motifs is 4. The zero-order valence-corrected chi connectivity index (χ0v) is 32.0. The molecule has 0 radical (unpaired) electrons. The highest BCUT2D eigenvalue weighted by molar-refractivity contribution is 9.10. The highest BCUT2D eigenvalue weighted by Gasteiger charge is 2.14. The smallest absolute Gasteiger partial charge is 0.423 e. The van der Waals surface area contributed by atoms with E-state index in [0.29, 0.717) is 5.46 Å². The van der Waals surface area contributed by atoms with Crippen LogP contribution in [0.1, 0.15) is 0 Å². The summed E-state index contributed by atoms with van der Waals surface area (Å²) in [7, 11) is -1.44. The molecule has 10 rings (SSSR count). The SMILES string of the molecule is Brc1ccccn1.OB(O)c1ccc(-c2c3ccccc3cc3ccccc23)cc1.c1ccc(-c2ccc(-c3c4ccccc4cc4ccccc34)cc2)nc1. The molecule has 4 nitrogen and oxygen atoms in total. The van der Waals surface area contributed by atoms with Gasteiger partial charge in [-0.15, -0.1) is 0 Å². The van der Waals surface area contributed by atoms with Crippen molar-refractivity contribution in [3.63, 3.8) is 0 Å². The summed E-state index contributed by atoms with van der Waals surface area (Å²) in [6.07, 6.45) is 3.57. The fourth-order valence-electron chi connectivity index (χ4n) is 7.15. The normalized spacial score (nSPS) is 10.8. The van der Waals surface area contributed by atoms with E-state index in [1.807, 2.05) is 79.0 Å². The van der Waals surface area contributed by atoms with Crippen molar-refractivity contribution in [2.45, 2.75) is 0 Å². The molecule has 0 amide bonds. The van der Waals surface area contributed by atoms with Gasteiger partial charge in [-0.2, -0.15) is 0 Å². The third kappa shape index (κ3) is 8.00. The molecule has 8 aromatic carbocycles. The van der Waals surface area contributed by atoms with Crippen molar-refractivity contribution < 1.29 is 10.0 Å². The molecule has 2 heterocycles. The first kappa shape index (κ1) is 36.5. The maximum Gasteiger partial charge on any atom is 0.488 e. The Balaban J connectivity index is 0.000000135. The lowest BCUT2D eigenvalue weighted by Crippen LogP contribution is -2.29. The van der Waals surface area contributed by atoms with Crippen molar-refractivity contribution in [1.29, 1.82) is 0 Å². The Morgan fingerprint density at radius 1 is 0.375 bits per heavy atom. The molecule has 0 saturated heterocycles. The summed E-state index contributed by atoms with van der Waals surface area (Å²) in [5, 5.41) is 28.5. The minimum absolute atomic E-state index is 0.498. The number of nitrogens with zero attached hydrogens (tertiary/aromatic N) is 2. The lowest BCUT2D eigenvalue weighted by molar-refractivity contribution is 0.426. The minimum Gasteiger partial charge on any atom is -0.423 e. The van der Waals surface area contributed by atoms with Crippen molar-refractivity contribution in [3.05, 3.63) is 211 Å². The van der Waals surface area contributed by atoms with Crippen LogP contribution in [0.5, 0.6) is 0 Å². The Bertz CT molecular complexity index is 2780. The molecule has 0 fully saturated rings. The number of rotatable bonds is 4. The second kappa shape index (κ2) is 16.9. The number of pyridine rings is 2. The Morgan fingerprint density at radius 3 is 1.11 bits per heavy atom. The molecule has 0 aliphatic rings. The first-order valence-electron chi connectivity index (χ1n) is 18.4. The molecular formula is C50H36BBrN2O2. The molecule has 10 aromatic rings. The number of halogens is 1. The van der Waals surface area contributed by atoms with E-state index in [2.05, 4.69) is 135 Å². The standard InChI is InChI=1S/C25H17N.C20H15BO2.C5H4BrN/c1-3-9-22-20(7-1)17-21-8-2-4-10-23(21)25(22)19-14-12-18(13-15-19)24-11-5-6-16-26-24;22-21(23)17-11-9-14(10-12-17)20-18-7-3-1-5-15(18)13-16-6-2-4-8-19(16)20;6-5-3-1-2-4-7-5/h1-17H;1-13,22-23H;1-4H. The lowest BCUT2D eigenvalue weighted by Gasteiger charge is -2.12. The largest absolute Gasteiger partial charge is 0.488 e. The number of hydrogen-bond acceptors (Lipinski definition) is 4. The van der Waals surface area contributed by atoms with E-state index in [1.165, 1.54) is 59.8 Å². The third-order valence-corrected chi connectivity index (χ3v) is 10.3. The summed E-state index contributed by atoms with van der Waals surface area (Å²) >= 11 is 3.20. The van der Waals surface area contributed by atoms with Crippen LogP contribution >= 0.6 is 15.9 Å². The van der Waals surface area contributed by atoms with E-state index < -0.39 is 7.12 Å². The summed E-state index contributed by atoms with van der Waals surface area (Å²) in [6, 6.07) is 66.3. The molecule has 0 saturated carbocycles. The maximum atomic E-state index is 9.28. The van der Waals surface area contributed by atoms with Crippen molar-refractivity contribution in [3.8, 4) is 33.5 Å². The maximum absolute atomic E-state index is 9.28. The van der Waals surface area contributed by atoms with Gasteiger partial charge in [-0.25, -0.2) is 4.98 Å². The van der Waals surface area contributed by atoms with Crippen LogP contribution in [0.25, 0.3) is 76.6 Å². The molecule has 0 aliphatic carbocycles. The van der Waals surface area contributed by atoms with Crippen LogP contribution in [-0.2, 0) is 0 Å². The molecule has 0 atom stereocenters. The van der Waals surface area contributed by atoms with E-state index in [9.17, 15) is 10.0 Å². The topological polar surface area (TPSA) is 66.2 Å². The van der Waals surface area contributed by atoms with Gasteiger partial charge in [0, 0.05) is 18.0 Å². The van der Waals surface area contributed by atoms with Gasteiger partial charge in [-0.1, -0.05) is 158 Å². The van der Waals surface area contributed by atoms with E-state index in [4.69, 9.17) is 0 Å². The summed E-state index contributed by atoms with van der Waals surface area (Å²) in [5.41, 5.74) is 7.42. The second-order valence-corrected chi connectivity index (χ2v) is 14.1. The molecule has 0 aliphatic heterocycles. The van der Waals surface area contributed by atoms with Gasteiger partial charge in [-0.3, -0.25) is 4.98 Å². The van der Waals surface area contributed by atoms with Crippen molar-refractivity contribution in [1.82, 2.24) is 9.97 Å². The monoisotopic (exact) mass is 786 g/mol. The summed E-state index contributed by atoms with van der Waals surface area (Å²) in [4.78, 5) is 8.35. The first-order valence-corrected chi connectivity index (χ1v) is 19.2. The van der Waals surface area contributed by atoms with E-state index in [0.717, 1.165) is 21.4 Å². The fraction of sp³-hybridized carbons (Fsp3) is 0. The van der Waals surface area contributed by atoms with E-state index in [1.54, 1.807) is 18.3 Å². The highest BCUT2D eigenvalue weighted by atomic mass is 79.9. The van der Waals surface area contributed by atoms with Gasteiger partial charge in [0.15, 0.2) is 0 Å². The summed E-state index contributed by atoms with van der Waals surface area (Å²) < 4.78 is 0.884. The van der Waals surface area contributed by atoms with Crippen molar-refractivity contribution in [2.75, 3.05) is 0 Å². The van der Waals surface area contributed by atoms with Crippen LogP contribution in [0.15, 0.2) is 211 Å². The van der Waals surface area contributed by atoms with Crippen LogP contribution in [0, 0.1) is 0 Å². The van der Waals surface area contributed by atoms with Crippen LogP contribution < -0.4 is 5.46 Å². The van der Waals surface area contributed by atoms with Gasteiger partial charge in [0.1, 0.15) is 4.60 Å². The predicted octanol–water partition coefficient (Wildman–Crippen LogP) is 11.9. The second-order valence-electron chi connectivity index (χ2n) is 13.3. The van der Waals surface area contributed by atoms with Crippen molar-refractivity contribution >= 4 is 71.6 Å². The Kier molecular flexibility index (Phi) is 11.0. The molecule has 0 unspecified atom stereocenters. The molecule has 56 heavy (non-hydrogen) atoms. The first-order chi connectivity index (χ1) is 27.5. The number of hydrogen-bond donors (Lipinski definition) is 2. The van der Waals surface area contributed by atoms with Gasteiger partial charge >= 0.3 is 7.12 Å². The molecule has 6 heteroatoms. The molecule has 0 bridgehead atoms. The van der Waals surface area contributed by atoms with Gasteiger partial charge in [0.05, 0.1) is 5.69 Å². The average Bonchev–Trinajstić information content (AvgIpc) is 3.26. The zero-order valence-electron chi connectivity index (χ0n) is 30.4. The van der Waals surface area contributed by atoms with Gasteiger partial charge in [0.2, 0.25) is 0 Å². The fourth-order valence-corrected chi connectivity index (χ4v) is 7.43. The molecule has 2 N–H and O–H groups in total. The van der Waals surface area contributed by atoms with Gasteiger partial charge in [-0.05, 0) is 123 Å². The van der Waals surface area contributed by atoms with E-state index in [-0.39, 0.29) is 0 Å². The quantitative estimate of drug-likeness (QED) is 0.106. The Morgan fingerprint density at radius 2 is 0.750 bits per heavy atom. The molecule has 2 aromatic heterocycles. The summed E-state index contributed by atoms with van der Waals surface area (Å²) in [6.45, 7) is 0. The predicted molar refractivity (Wildman–Crippen MR) is 239 cm³/mol. The van der Waals surface area contributed by atoms with Crippen LogP contribution in [-0.4, -0.2) is 27.1 Å². The highest BCUT2D eigenvalue weighted by Crippen LogP contribution is 2.38.